The van der Waals surface area contributed by atoms with Crippen LogP contribution in [-0.4, -0.2) is 12.5 Å². The van der Waals surface area contributed by atoms with Crippen LogP contribution in [0.2, 0.25) is 0 Å². The zero-order valence-corrected chi connectivity index (χ0v) is 11.8. The Balaban J connectivity index is 2.16. The van der Waals surface area contributed by atoms with E-state index in [0.717, 1.165) is 5.56 Å². The second kappa shape index (κ2) is 6.85. The Morgan fingerprint density at radius 2 is 1.86 bits per heavy atom. The van der Waals surface area contributed by atoms with Crippen LogP contribution in [0.3, 0.4) is 0 Å². The first-order valence-electron chi connectivity index (χ1n) is 6.75. The number of nitrogen functional groups attached to an aromatic ring is 1. The van der Waals surface area contributed by atoms with Gasteiger partial charge in [0.1, 0.15) is 5.82 Å². The smallest absolute Gasteiger partial charge is 0.265 e. The number of nitrogens with two attached hydrogens (primary N) is 1. The molecule has 0 aliphatic heterocycles. The first-order chi connectivity index (χ1) is 10.2. The van der Waals surface area contributed by atoms with Crippen LogP contribution >= 0.6 is 0 Å². The Labute approximate surface area is 123 Å². The molecule has 0 heterocycles. The molecule has 1 amide bonds. The lowest BCUT2D eigenvalue weighted by atomic mass is 10.1. The zero-order valence-electron chi connectivity index (χ0n) is 11.8. The van der Waals surface area contributed by atoms with Crippen molar-refractivity contribution >= 4 is 11.6 Å². The highest BCUT2D eigenvalue weighted by Gasteiger charge is 2.10. The van der Waals surface area contributed by atoms with E-state index in [2.05, 4.69) is 5.43 Å². The van der Waals surface area contributed by atoms with Crippen molar-refractivity contribution in [2.45, 2.75) is 13.5 Å². The molecule has 4 nitrogen and oxygen atoms in total. The number of nitrogens with one attached hydrogen (secondary N) is 1. The van der Waals surface area contributed by atoms with E-state index in [1.807, 2.05) is 30.0 Å². The van der Waals surface area contributed by atoms with Crippen molar-refractivity contribution in [3.63, 3.8) is 0 Å². The number of carbonyl (C=O) groups is 1. The zero-order chi connectivity index (χ0) is 15.2. The average molecular weight is 287 g/mol. The van der Waals surface area contributed by atoms with Crippen molar-refractivity contribution in [2.24, 2.45) is 5.84 Å². The summed E-state index contributed by atoms with van der Waals surface area (Å²) in [5.74, 6) is 4.52. The summed E-state index contributed by atoms with van der Waals surface area (Å²) in [6, 6.07) is 13.8. The highest BCUT2D eigenvalue weighted by molar-refractivity contribution is 5.93. The van der Waals surface area contributed by atoms with Gasteiger partial charge in [-0.25, -0.2) is 10.2 Å². The standard InChI is InChI=1S/C16H18FN3O/c1-2-20(15-6-4-3-5-14(15)17)11-12-7-9-13(10-8-12)16(21)19-18/h3-10H,2,11,18H2,1H3,(H,19,21). The lowest BCUT2D eigenvalue weighted by molar-refractivity contribution is 0.0953. The Morgan fingerprint density at radius 3 is 2.43 bits per heavy atom. The third kappa shape index (κ3) is 3.58. The van der Waals surface area contributed by atoms with Crippen LogP contribution in [0.5, 0.6) is 0 Å². The van der Waals surface area contributed by atoms with Gasteiger partial charge in [-0.05, 0) is 36.8 Å². The van der Waals surface area contributed by atoms with Crippen molar-refractivity contribution in [1.29, 1.82) is 0 Å². The van der Waals surface area contributed by atoms with Crippen LogP contribution in [0.25, 0.3) is 0 Å². The van der Waals surface area contributed by atoms with Crippen molar-refractivity contribution in [2.75, 3.05) is 11.4 Å². The molecule has 0 fully saturated rings. The summed E-state index contributed by atoms with van der Waals surface area (Å²) in [7, 11) is 0. The molecule has 21 heavy (non-hydrogen) atoms. The van der Waals surface area contributed by atoms with E-state index in [1.54, 1.807) is 24.3 Å². The van der Waals surface area contributed by atoms with Crippen molar-refractivity contribution in [3.8, 4) is 0 Å². The van der Waals surface area contributed by atoms with Crippen LogP contribution < -0.4 is 16.2 Å². The summed E-state index contributed by atoms with van der Waals surface area (Å²) in [4.78, 5) is 13.3. The number of hydrogen-bond acceptors (Lipinski definition) is 3. The highest BCUT2D eigenvalue weighted by atomic mass is 19.1. The number of nitrogens with zero attached hydrogens (tertiary/aromatic N) is 1. The molecule has 2 rings (SSSR count). The summed E-state index contributed by atoms with van der Waals surface area (Å²) >= 11 is 0. The predicted molar refractivity (Wildman–Crippen MR) is 81.2 cm³/mol. The van der Waals surface area contributed by atoms with E-state index < -0.39 is 0 Å². The molecule has 0 aromatic heterocycles. The SMILES string of the molecule is CCN(Cc1ccc(C(=O)NN)cc1)c1ccccc1F. The molecule has 0 unspecified atom stereocenters. The first kappa shape index (κ1) is 15.0. The molecule has 0 radical (unpaired) electrons. The molecule has 110 valence electrons. The number of amides is 1. The number of hydrogen-bond donors (Lipinski definition) is 2. The minimum Gasteiger partial charge on any atom is -0.365 e. The lowest BCUT2D eigenvalue weighted by Gasteiger charge is -2.23. The maximum atomic E-state index is 13.8. The predicted octanol–water partition coefficient (Wildman–Crippen LogP) is 2.46. The Bertz CT molecular complexity index is 613. The number of rotatable bonds is 5. The van der Waals surface area contributed by atoms with Crippen LogP contribution in [0.4, 0.5) is 10.1 Å². The third-order valence-corrected chi connectivity index (χ3v) is 3.30. The lowest BCUT2D eigenvalue weighted by Crippen LogP contribution is -2.30. The summed E-state index contributed by atoms with van der Waals surface area (Å²) < 4.78 is 13.8. The Kier molecular flexibility index (Phi) is 4.90. The van der Waals surface area contributed by atoms with E-state index in [0.29, 0.717) is 24.3 Å². The Hall–Kier alpha value is -2.40. The molecule has 0 spiro atoms. The van der Waals surface area contributed by atoms with Crippen molar-refractivity contribution < 1.29 is 9.18 Å². The van der Waals surface area contributed by atoms with E-state index in [4.69, 9.17) is 5.84 Å². The topological polar surface area (TPSA) is 58.4 Å². The van der Waals surface area contributed by atoms with Gasteiger partial charge in [-0.3, -0.25) is 10.2 Å². The van der Waals surface area contributed by atoms with Crippen molar-refractivity contribution in [3.05, 3.63) is 65.5 Å². The van der Waals surface area contributed by atoms with E-state index in [1.165, 1.54) is 6.07 Å². The van der Waals surface area contributed by atoms with Gasteiger partial charge in [-0.1, -0.05) is 24.3 Å². The normalized spacial score (nSPS) is 10.2. The van der Waals surface area contributed by atoms with Gasteiger partial charge in [0.15, 0.2) is 0 Å². The summed E-state index contributed by atoms with van der Waals surface area (Å²) in [6.45, 7) is 3.23. The fourth-order valence-electron chi connectivity index (χ4n) is 2.14. The third-order valence-electron chi connectivity index (χ3n) is 3.30. The summed E-state index contributed by atoms with van der Waals surface area (Å²) in [5, 5.41) is 0. The molecule has 3 N–H and O–H groups in total. The van der Waals surface area contributed by atoms with E-state index in [9.17, 15) is 9.18 Å². The fourth-order valence-corrected chi connectivity index (χ4v) is 2.14. The molecule has 2 aromatic carbocycles. The van der Waals surface area contributed by atoms with E-state index in [-0.39, 0.29) is 11.7 Å². The number of carbonyl (C=O) groups excluding carboxylic acids is 1. The largest absolute Gasteiger partial charge is 0.365 e. The van der Waals surface area contributed by atoms with Gasteiger partial charge in [0.25, 0.3) is 5.91 Å². The maximum Gasteiger partial charge on any atom is 0.265 e. The molecular formula is C16H18FN3O. The number of para-hydroxylation sites is 1. The Morgan fingerprint density at radius 1 is 1.19 bits per heavy atom. The number of benzene rings is 2. The molecule has 0 aliphatic carbocycles. The maximum absolute atomic E-state index is 13.8. The molecular weight excluding hydrogens is 269 g/mol. The van der Waals surface area contributed by atoms with Crippen LogP contribution in [-0.2, 0) is 6.54 Å². The second-order valence-corrected chi connectivity index (χ2v) is 4.64. The monoisotopic (exact) mass is 287 g/mol. The van der Waals surface area contributed by atoms with Gasteiger partial charge >= 0.3 is 0 Å². The minimum absolute atomic E-state index is 0.238. The van der Waals surface area contributed by atoms with Gasteiger partial charge in [0.05, 0.1) is 5.69 Å². The number of anilines is 1. The van der Waals surface area contributed by atoms with Crippen LogP contribution in [0.1, 0.15) is 22.8 Å². The summed E-state index contributed by atoms with van der Waals surface area (Å²) in [6.07, 6.45) is 0. The molecule has 0 saturated carbocycles. The molecule has 0 bridgehead atoms. The van der Waals surface area contributed by atoms with Gasteiger partial charge < -0.3 is 4.90 Å². The van der Waals surface area contributed by atoms with Gasteiger partial charge in [-0.2, -0.15) is 0 Å². The summed E-state index contributed by atoms with van der Waals surface area (Å²) in [5.41, 5.74) is 4.15. The van der Waals surface area contributed by atoms with Crippen LogP contribution in [0.15, 0.2) is 48.5 Å². The average Bonchev–Trinajstić information content (AvgIpc) is 2.53. The number of halogens is 1. The van der Waals surface area contributed by atoms with Gasteiger partial charge in [0.2, 0.25) is 0 Å². The highest BCUT2D eigenvalue weighted by Crippen LogP contribution is 2.20. The molecule has 0 atom stereocenters. The van der Waals surface area contributed by atoms with Gasteiger partial charge in [0, 0.05) is 18.7 Å². The molecule has 0 aliphatic rings. The van der Waals surface area contributed by atoms with Crippen LogP contribution in [0, 0.1) is 5.82 Å². The second-order valence-electron chi connectivity index (χ2n) is 4.64. The molecule has 2 aromatic rings. The quantitative estimate of drug-likeness (QED) is 0.504. The first-order valence-corrected chi connectivity index (χ1v) is 6.75. The fraction of sp³-hybridized carbons (Fsp3) is 0.188. The van der Waals surface area contributed by atoms with Crippen molar-refractivity contribution in [1.82, 2.24) is 5.43 Å². The minimum atomic E-state index is -0.331. The van der Waals surface area contributed by atoms with Gasteiger partial charge in [-0.15, -0.1) is 0 Å². The molecule has 0 saturated heterocycles. The molecule has 5 heteroatoms. The number of hydrazine groups is 1. The van der Waals surface area contributed by atoms with E-state index >= 15 is 0 Å².